The average molecular weight is 446 g/mol. The van der Waals surface area contributed by atoms with Crippen LogP contribution in [-0.4, -0.2) is 51.2 Å². The van der Waals surface area contributed by atoms with Crippen LogP contribution in [0.5, 0.6) is 23.0 Å². The van der Waals surface area contributed by atoms with Crippen molar-refractivity contribution >= 4 is 0 Å². The number of hydrogen-bond donors (Lipinski definition) is 2. The van der Waals surface area contributed by atoms with Crippen LogP contribution in [0.4, 0.5) is 0 Å². The van der Waals surface area contributed by atoms with Gasteiger partial charge < -0.3 is 38.6 Å². The molecule has 2 aromatic carbocycles. The average Bonchev–Trinajstić information content (AvgIpc) is 2.82. The fourth-order valence-corrected chi connectivity index (χ4v) is 4.87. The van der Waals surface area contributed by atoms with Crippen molar-refractivity contribution in [1.29, 1.82) is 0 Å². The molecule has 2 aliphatic rings. The van der Waals surface area contributed by atoms with E-state index in [1.54, 1.807) is 28.4 Å². The van der Waals surface area contributed by atoms with E-state index in [0.29, 0.717) is 35.8 Å². The van der Waals surface area contributed by atoms with Crippen molar-refractivity contribution in [2.24, 2.45) is 11.8 Å². The first-order chi connectivity index (χ1) is 15.5. The van der Waals surface area contributed by atoms with E-state index in [9.17, 15) is 10.2 Å². The van der Waals surface area contributed by atoms with Crippen LogP contribution in [0.3, 0.4) is 0 Å². The molecule has 2 N–H and O–H groups in total. The smallest absolute Gasteiger partial charge is 0.161 e. The van der Waals surface area contributed by atoms with Gasteiger partial charge in [0, 0.05) is 24.7 Å². The first-order valence-electron chi connectivity index (χ1n) is 10.6. The number of aliphatic hydroxyl groups excluding tert-OH is 2. The van der Waals surface area contributed by atoms with Crippen molar-refractivity contribution in [3.8, 4) is 23.0 Å². The lowest BCUT2D eigenvalue weighted by molar-refractivity contribution is -0.277. The highest BCUT2D eigenvalue weighted by Crippen LogP contribution is 2.52. The first-order valence-corrected chi connectivity index (χ1v) is 10.6. The van der Waals surface area contributed by atoms with Gasteiger partial charge in [0.05, 0.1) is 40.6 Å². The van der Waals surface area contributed by atoms with Gasteiger partial charge in [-0.2, -0.15) is 0 Å². The summed E-state index contributed by atoms with van der Waals surface area (Å²) in [6.07, 6.45) is -2.03. The Labute approximate surface area is 187 Å². The highest BCUT2D eigenvalue weighted by molar-refractivity contribution is 5.45. The quantitative estimate of drug-likeness (QED) is 0.699. The predicted octanol–water partition coefficient (Wildman–Crippen LogP) is 3.21. The third-order valence-electron chi connectivity index (χ3n) is 6.35. The van der Waals surface area contributed by atoms with Crippen molar-refractivity contribution in [3.63, 3.8) is 0 Å². The molecule has 2 aromatic rings. The molecule has 0 saturated carbocycles. The Morgan fingerprint density at radius 3 is 1.34 bits per heavy atom. The number of aliphatic hydroxyl groups is 2. The fourth-order valence-electron chi connectivity index (χ4n) is 4.87. The first kappa shape index (κ1) is 22.7. The second-order valence-corrected chi connectivity index (χ2v) is 8.05. The van der Waals surface area contributed by atoms with Crippen molar-refractivity contribution in [1.82, 2.24) is 0 Å². The molecule has 0 amide bonds. The Bertz CT molecular complexity index is 857. The molecule has 32 heavy (non-hydrogen) atoms. The van der Waals surface area contributed by atoms with Crippen LogP contribution in [0, 0.1) is 11.8 Å². The Hall–Kier alpha value is -2.52. The zero-order valence-corrected chi connectivity index (χ0v) is 18.7. The summed E-state index contributed by atoms with van der Waals surface area (Å²) in [6, 6.07) is 11.1. The Morgan fingerprint density at radius 2 is 1.00 bits per heavy atom. The van der Waals surface area contributed by atoms with E-state index < -0.39 is 24.8 Å². The van der Waals surface area contributed by atoms with E-state index in [1.807, 2.05) is 36.4 Å². The highest BCUT2D eigenvalue weighted by Gasteiger charge is 2.48. The van der Waals surface area contributed by atoms with Crippen LogP contribution in [-0.2, 0) is 9.47 Å². The van der Waals surface area contributed by atoms with Crippen molar-refractivity contribution in [3.05, 3.63) is 47.5 Å². The molecule has 8 heteroatoms. The second-order valence-electron chi connectivity index (χ2n) is 8.05. The maximum absolute atomic E-state index is 10.6. The molecule has 174 valence electrons. The van der Waals surface area contributed by atoms with Crippen LogP contribution >= 0.6 is 0 Å². The molecular weight excluding hydrogens is 416 g/mol. The van der Waals surface area contributed by atoms with E-state index in [4.69, 9.17) is 28.4 Å². The van der Waals surface area contributed by atoms with Crippen LogP contribution < -0.4 is 18.9 Å². The van der Waals surface area contributed by atoms with E-state index in [1.165, 1.54) is 0 Å². The van der Waals surface area contributed by atoms with Gasteiger partial charge in [-0.15, -0.1) is 0 Å². The van der Waals surface area contributed by atoms with E-state index in [0.717, 1.165) is 11.1 Å². The third kappa shape index (κ3) is 4.23. The zero-order chi connectivity index (χ0) is 22.8. The molecule has 0 aromatic heterocycles. The summed E-state index contributed by atoms with van der Waals surface area (Å²) in [6.45, 7) is 0. The van der Waals surface area contributed by atoms with Gasteiger partial charge in [-0.3, -0.25) is 0 Å². The number of benzene rings is 2. The molecule has 0 bridgehead atoms. The minimum Gasteiger partial charge on any atom is -0.493 e. The SMILES string of the molecule is COc1ccc([C@H]2OC(O)C[C@H]3[C@@H]2CC(O)O[C@@H]3c2ccc(OC)c(OC)c2)cc1OC. The summed E-state index contributed by atoms with van der Waals surface area (Å²) in [5.41, 5.74) is 1.69. The largest absolute Gasteiger partial charge is 0.493 e. The fraction of sp³-hybridized carbons (Fsp3) is 0.500. The molecule has 2 heterocycles. The Kier molecular flexibility index (Phi) is 6.76. The molecule has 4 rings (SSSR count). The Morgan fingerprint density at radius 1 is 0.625 bits per heavy atom. The monoisotopic (exact) mass is 446 g/mol. The lowest BCUT2D eigenvalue weighted by Crippen LogP contribution is -2.45. The molecule has 2 aliphatic heterocycles. The van der Waals surface area contributed by atoms with Gasteiger partial charge in [-0.05, 0) is 35.4 Å². The summed E-state index contributed by atoms with van der Waals surface area (Å²) in [7, 11) is 6.31. The number of methoxy groups -OCH3 is 4. The van der Waals surface area contributed by atoms with Crippen LogP contribution in [0.25, 0.3) is 0 Å². The molecule has 2 unspecified atom stereocenters. The summed E-state index contributed by atoms with van der Waals surface area (Å²) in [4.78, 5) is 0. The molecule has 2 fully saturated rings. The van der Waals surface area contributed by atoms with Crippen molar-refractivity contribution < 1.29 is 38.6 Å². The number of hydrogen-bond acceptors (Lipinski definition) is 8. The molecular formula is C24H30O8. The minimum absolute atomic E-state index is 0.0849. The van der Waals surface area contributed by atoms with Crippen LogP contribution in [0.15, 0.2) is 36.4 Å². The summed E-state index contributed by atoms with van der Waals surface area (Å²) in [5, 5.41) is 21.2. The van der Waals surface area contributed by atoms with E-state index >= 15 is 0 Å². The van der Waals surface area contributed by atoms with Gasteiger partial charge in [0.1, 0.15) is 0 Å². The third-order valence-corrected chi connectivity index (χ3v) is 6.35. The standard InChI is InChI=1S/C24H30O8/c1-27-17-7-5-13(9-19(17)29-3)23-15-11-22(26)32-24(16(15)12-21(25)31-23)14-6-8-18(28-2)20(10-14)30-4/h5-10,15-16,21-26H,11-12H2,1-4H3/t15-,16-,21?,22?,23+,24+/m0/s1. The minimum atomic E-state index is -0.962. The molecule has 0 radical (unpaired) electrons. The number of ether oxygens (including phenoxy) is 6. The van der Waals surface area contributed by atoms with Gasteiger partial charge in [-0.1, -0.05) is 12.1 Å². The maximum Gasteiger partial charge on any atom is 0.161 e. The summed E-state index contributed by atoms with van der Waals surface area (Å²) >= 11 is 0. The van der Waals surface area contributed by atoms with Gasteiger partial charge in [-0.25, -0.2) is 0 Å². The van der Waals surface area contributed by atoms with Gasteiger partial charge in [0.25, 0.3) is 0 Å². The lowest BCUT2D eigenvalue weighted by Gasteiger charge is -2.48. The zero-order valence-electron chi connectivity index (χ0n) is 18.7. The Balaban J connectivity index is 1.70. The summed E-state index contributed by atoms with van der Waals surface area (Å²) in [5.74, 6) is 2.21. The topological polar surface area (TPSA) is 95.8 Å². The van der Waals surface area contributed by atoms with Gasteiger partial charge >= 0.3 is 0 Å². The normalized spacial score (nSPS) is 29.7. The number of rotatable bonds is 6. The molecule has 8 nitrogen and oxygen atoms in total. The van der Waals surface area contributed by atoms with Crippen molar-refractivity contribution in [2.45, 2.75) is 37.6 Å². The van der Waals surface area contributed by atoms with Crippen LogP contribution in [0.2, 0.25) is 0 Å². The van der Waals surface area contributed by atoms with Gasteiger partial charge in [0.15, 0.2) is 35.6 Å². The molecule has 6 atom stereocenters. The van der Waals surface area contributed by atoms with E-state index in [-0.39, 0.29) is 11.8 Å². The lowest BCUT2D eigenvalue weighted by atomic mass is 9.72. The molecule has 0 spiro atoms. The number of fused-ring (bicyclic) bond motifs is 1. The van der Waals surface area contributed by atoms with Gasteiger partial charge in [0.2, 0.25) is 0 Å². The molecule has 0 aliphatic carbocycles. The second kappa shape index (κ2) is 9.54. The van der Waals surface area contributed by atoms with E-state index in [2.05, 4.69) is 0 Å². The predicted molar refractivity (Wildman–Crippen MR) is 115 cm³/mol. The van der Waals surface area contributed by atoms with Crippen molar-refractivity contribution in [2.75, 3.05) is 28.4 Å². The highest BCUT2D eigenvalue weighted by atomic mass is 16.6. The van der Waals surface area contributed by atoms with Crippen LogP contribution in [0.1, 0.15) is 36.2 Å². The maximum atomic E-state index is 10.6. The summed E-state index contributed by atoms with van der Waals surface area (Å²) < 4.78 is 33.5. The molecule has 2 saturated heterocycles.